The number of hydrogen-bond acceptors (Lipinski definition) is 3. The second-order valence-electron chi connectivity index (χ2n) is 1.39. The van der Waals surface area contributed by atoms with Gasteiger partial charge in [-0.1, -0.05) is 0 Å². The van der Waals surface area contributed by atoms with Gasteiger partial charge in [0, 0.05) is 11.5 Å². The van der Waals surface area contributed by atoms with Gasteiger partial charge >= 0.3 is 0 Å². The van der Waals surface area contributed by atoms with Crippen LogP contribution in [0.15, 0.2) is 0 Å². The van der Waals surface area contributed by atoms with Crippen LogP contribution in [-0.4, -0.2) is 21.2 Å². The van der Waals surface area contributed by atoms with E-state index in [1.165, 1.54) is 0 Å². The summed E-state index contributed by atoms with van der Waals surface area (Å²) in [5.41, 5.74) is 0. The first-order chi connectivity index (χ1) is 3.80. The van der Waals surface area contributed by atoms with Gasteiger partial charge in [-0.05, 0) is 12.6 Å². The predicted molar refractivity (Wildman–Crippen MR) is 41.3 cm³/mol. The van der Waals surface area contributed by atoms with E-state index < -0.39 is 0 Å². The summed E-state index contributed by atoms with van der Waals surface area (Å²) < 4.78 is 0.0741. The molecule has 1 rings (SSSR count). The summed E-state index contributed by atoms with van der Waals surface area (Å²) in [6.45, 7) is 0. The van der Waals surface area contributed by atoms with Crippen LogP contribution in [0, 0.1) is 0 Å². The van der Waals surface area contributed by atoms with Gasteiger partial charge in [0.15, 0.2) is 0 Å². The molecule has 0 aromatic carbocycles. The van der Waals surface area contributed by atoms with Crippen molar-refractivity contribution in [2.45, 2.75) is 4.58 Å². The number of carbonyl (C=O) groups is 1. The molecule has 1 radical (unpaired) electrons. The van der Waals surface area contributed by atoms with Crippen LogP contribution in [0.5, 0.6) is 0 Å². The van der Waals surface area contributed by atoms with E-state index >= 15 is 0 Å². The van der Waals surface area contributed by atoms with E-state index in [9.17, 15) is 4.79 Å². The van der Waals surface area contributed by atoms with Crippen molar-refractivity contribution < 1.29 is 4.79 Å². The van der Waals surface area contributed by atoms with E-state index in [0.717, 1.165) is 11.5 Å². The quantitative estimate of drug-likeness (QED) is 0.586. The maximum absolute atomic E-state index is 10.4. The highest BCUT2D eigenvalue weighted by molar-refractivity contribution is 8.23. The van der Waals surface area contributed by atoms with E-state index in [0.29, 0.717) is 0 Å². The molecule has 1 aliphatic rings. The third kappa shape index (κ3) is 1.53. The van der Waals surface area contributed by atoms with Gasteiger partial charge in [0.2, 0.25) is 5.12 Å². The van der Waals surface area contributed by atoms with Crippen molar-refractivity contribution in [1.82, 2.24) is 0 Å². The lowest BCUT2D eigenvalue weighted by Crippen LogP contribution is -2.00. The van der Waals surface area contributed by atoms with E-state index in [1.807, 2.05) is 0 Å². The molecule has 45 valence electrons. The van der Waals surface area contributed by atoms with Crippen LogP contribution in [0.4, 0.5) is 0 Å². The fraction of sp³-hybridized carbons (Fsp3) is 0.750. The maximum Gasteiger partial charge on any atom is 0.241 e. The van der Waals surface area contributed by atoms with E-state index in [-0.39, 0.29) is 9.70 Å². The van der Waals surface area contributed by atoms with Crippen LogP contribution in [0.1, 0.15) is 0 Å². The Bertz CT molecular complexity index is 97.5. The molecule has 0 bridgehead atoms. The molecule has 1 aliphatic heterocycles. The second-order valence-corrected chi connectivity index (χ2v) is 4.52. The molecule has 8 heavy (non-hydrogen) atoms. The Labute approximate surface area is 62.4 Å². The predicted octanol–water partition coefficient (Wildman–Crippen LogP) is 1.52. The highest BCUT2D eigenvalue weighted by Crippen LogP contribution is 2.32. The lowest BCUT2D eigenvalue weighted by molar-refractivity contribution is -0.109. The van der Waals surface area contributed by atoms with Gasteiger partial charge in [-0.25, -0.2) is 0 Å². The van der Waals surface area contributed by atoms with Crippen LogP contribution in [0.2, 0.25) is 0 Å². The minimum absolute atomic E-state index is 0.0741. The van der Waals surface area contributed by atoms with Gasteiger partial charge in [-0.2, -0.15) is 0 Å². The molecule has 0 aromatic rings. The van der Waals surface area contributed by atoms with Crippen molar-refractivity contribution in [1.29, 1.82) is 0 Å². The average Bonchev–Trinajstić information content (AvgIpc) is 2.12. The van der Waals surface area contributed by atoms with E-state index in [2.05, 4.69) is 12.6 Å². The van der Waals surface area contributed by atoms with Gasteiger partial charge in [0.1, 0.15) is 4.58 Å². The Morgan fingerprint density at radius 3 is 2.25 bits per heavy atom. The van der Waals surface area contributed by atoms with Crippen LogP contribution in [0.3, 0.4) is 0 Å². The zero-order valence-corrected chi connectivity index (χ0v) is 6.57. The maximum atomic E-state index is 10.4. The van der Waals surface area contributed by atoms with Crippen LogP contribution < -0.4 is 0 Å². The van der Waals surface area contributed by atoms with E-state index in [1.54, 1.807) is 23.5 Å². The summed E-state index contributed by atoms with van der Waals surface area (Å²) in [6, 6.07) is 0. The van der Waals surface area contributed by atoms with Crippen molar-refractivity contribution in [3.05, 3.63) is 0 Å². The van der Waals surface area contributed by atoms with Crippen molar-refractivity contribution in [2.75, 3.05) is 11.5 Å². The van der Waals surface area contributed by atoms with Gasteiger partial charge in [0.05, 0.1) is 0 Å². The first kappa shape index (κ1) is 6.71. The van der Waals surface area contributed by atoms with Crippen molar-refractivity contribution in [3.8, 4) is 0 Å². The molecule has 1 fully saturated rings. The Balaban J connectivity index is 2.35. The van der Waals surface area contributed by atoms with Crippen molar-refractivity contribution in [2.24, 2.45) is 0 Å². The van der Waals surface area contributed by atoms with Gasteiger partial charge in [-0.15, -0.1) is 23.5 Å². The topological polar surface area (TPSA) is 17.1 Å². The summed E-state index contributed by atoms with van der Waals surface area (Å²) in [6.07, 6.45) is 0. The largest absolute Gasteiger partial charge is 0.280 e. The molecular formula is C4H5OS3. The highest BCUT2D eigenvalue weighted by Gasteiger charge is 2.21. The number of hydrogen-bond donors (Lipinski definition) is 0. The fourth-order valence-electron chi connectivity index (χ4n) is 0.494. The van der Waals surface area contributed by atoms with Crippen LogP contribution in [-0.2, 0) is 4.79 Å². The fourth-order valence-corrected chi connectivity index (χ4v) is 3.34. The molecule has 0 N–H and O–H groups in total. The summed E-state index contributed by atoms with van der Waals surface area (Å²) in [5, 5.41) is -0.0995. The van der Waals surface area contributed by atoms with Crippen molar-refractivity contribution in [3.63, 3.8) is 0 Å². The van der Waals surface area contributed by atoms with E-state index in [4.69, 9.17) is 0 Å². The van der Waals surface area contributed by atoms with Gasteiger partial charge < -0.3 is 0 Å². The molecule has 4 heteroatoms. The zero-order valence-electron chi connectivity index (χ0n) is 4.12. The SMILES string of the molecule is O=C([S])C1SCCS1. The molecule has 0 saturated carbocycles. The Morgan fingerprint density at radius 1 is 1.50 bits per heavy atom. The number of thioether (sulfide) groups is 2. The first-order valence-corrected chi connectivity index (χ1v) is 4.75. The lowest BCUT2D eigenvalue weighted by atomic mass is 10.9. The minimum atomic E-state index is -0.0995. The van der Waals surface area contributed by atoms with Crippen LogP contribution >= 0.6 is 36.2 Å². The van der Waals surface area contributed by atoms with Gasteiger partial charge in [-0.3, -0.25) is 4.79 Å². The lowest BCUT2D eigenvalue weighted by Gasteiger charge is -1.95. The molecule has 1 saturated heterocycles. The van der Waals surface area contributed by atoms with Crippen LogP contribution in [0.25, 0.3) is 0 Å². The zero-order chi connectivity index (χ0) is 5.98. The summed E-state index contributed by atoms with van der Waals surface area (Å²) >= 11 is 7.78. The summed E-state index contributed by atoms with van der Waals surface area (Å²) in [5.74, 6) is 2.16. The standard InChI is InChI=1S/C4H5OS3/c5-3(6)4-7-1-2-8-4/h4H,1-2H2. The summed E-state index contributed by atoms with van der Waals surface area (Å²) in [4.78, 5) is 10.4. The minimum Gasteiger partial charge on any atom is -0.280 e. The first-order valence-electron chi connectivity index (χ1n) is 2.25. The molecule has 1 heterocycles. The Hall–Kier alpha value is 0.590. The molecule has 0 atom stereocenters. The molecule has 0 unspecified atom stereocenters. The number of carbonyl (C=O) groups excluding carboxylic acids is 1. The Kier molecular flexibility index (Phi) is 2.46. The molecule has 0 aliphatic carbocycles. The normalized spacial score (nSPS) is 21.5. The number of rotatable bonds is 1. The smallest absolute Gasteiger partial charge is 0.241 e. The molecule has 0 aromatic heterocycles. The Morgan fingerprint density at radius 2 is 2.00 bits per heavy atom. The van der Waals surface area contributed by atoms with Gasteiger partial charge in [0.25, 0.3) is 0 Å². The molecule has 0 spiro atoms. The molecule has 1 nitrogen and oxygen atoms in total. The third-order valence-corrected chi connectivity index (χ3v) is 4.34. The van der Waals surface area contributed by atoms with Crippen molar-refractivity contribution >= 4 is 41.3 Å². The third-order valence-electron chi connectivity index (χ3n) is 0.814. The average molecular weight is 165 g/mol. The monoisotopic (exact) mass is 165 g/mol. The molecule has 0 amide bonds. The highest BCUT2D eigenvalue weighted by atomic mass is 32.2. The summed E-state index contributed by atoms with van der Waals surface area (Å²) in [7, 11) is 0. The second kappa shape index (κ2) is 2.94. The molecular weight excluding hydrogens is 160 g/mol.